The van der Waals surface area contributed by atoms with Crippen LogP contribution in [0.15, 0.2) is 0 Å². The molecule has 118 valence electrons. The van der Waals surface area contributed by atoms with Gasteiger partial charge in [-0.25, -0.2) is 0 Å². The molecule has 3 rings (SSSR count). The summed E-state index contributed by atoms with van der Waals surface area (Å²) in [4.78, 5) is 24.2. The number of hydrogen-bond acceptors (Lipinski definition) is 2. The number of fused-ring (bicyclic) bond motifs is 2. The standard InChI is InChI=1S/C17H27NO3/c19-15(14-10-12-5-6-13(14)9-12)18-11-17(16(20)21)7-3-1-2-4-8-17/h12-14H,1-11H2,(H,18,19)(H,20,21). The molecule has 0 aromatic rings. The van der Waals surface area contributed by atoms with Crippen molar-refractivity contribution < 1.29 is 14.7 Å². The summed E-state index contributed by atoms with van der Waals surface area (Å²) >= 11 is 0. The molecule has 3 fully saturated rings. The molecular weight excluding hydrogens is 266 g/mol. The quantitative estimate of drug-likeness (QED) is 0.783. The minimum Gasteiger partial charge on any atom is -0.481 e. The first-order valence-electron chi connectivity index (χ1n) is 8.62. The maximum atomic E-state index is 12.4. The van der Waals surface area contributed by atoms with Crippen LogP contribution >= 0.6 is 0 Å². The topological polar surface area (TPSA) is 66.4 Å². The molecule has 3 unspecified atom stereocenters. The van der Waals surface area contributed by atoms with Gasteiger partial charge >= 0.3 is 5.97 Å². The van der Waals surface area contributed by atoms with Gasteiger partial charge in [0.1, 0.15) is 0 Å². The number of nitrogens with one attached hydrogen (secondary N) is 1. The first-order chi connectivity index (χ1) is 10.1. The van der Waals surface area contributed by atoms with E-state index in [9.17, 15) is 14.7 Å². The molecule has 4 nitrogen and oxygen atoms in total. The lowest BCUT2D eigenvalue weighted by Gasteiger charge is -2.29. The predicted molar refractivity (Wildman–Crippen MR) is 79.7 cm³/mol. The Bertz CT molecular complexity index is 412. The predicted octanol–water partition coefficient (Wildman–Crippen LogP) is 2.96. The van der Waals surface area contributed by atoms with E-state index in [2.05, 4.69) is 5.32 Å². The highest BCUT2D eigenvalue weighted by Gasteiger charge is 2.44. The summed E-state index contributed by atoms with van der Waals surface area (Å²) in [5.74, 6) is 0.854. The fourth-order valence-electron chi connectivity index (χ4n) is 4.82. The van der Waals surface area contributed by atoms with Crippen LogP contribution in [-0.2, 0) is 9.59 Å². The molecule has 0 saturated heterocycles. The van der Waals surface area contributed by atoms with Gasteiger partial charge in [0.25, 0.3) is 0 Å². The Morgan fingerprint density at radius 2 is 1.76 bits per heavy atom. The summed E-state index contributed by atoms with van der Waals surface area (Å²) in [7, 11) is 0. The summed E-state index contributed by atoms with van der Waals surface area (Å²) < 4.78 is 0. The van der Waals surface area contributed by atoms with Crippen molar-refractivity contribution in [3.8, 4) is 0 Å². The van der Waals surface area contributed by atoms with Gasteiger partial charge in [-0.2, -0.15) is 0 Å². The van der Waals surface area contributed by atoms with Crippen LogP contribution in [0.2, 0.25) is 0 Å². The smallest absolute Gasteiger partial charge is 0.311 e. The summed E-state index contributed by atoms with van der Waals surface area (Å²) in [6.45, 7) is 0.328. The normalized spacial score (nSPS) is 34.4. The third-order valence-corrected chi connectivity index (χ3v) is 6.19. The second-order valence-electron chi connectivity index (χ2n) is 7.50. The second-order valence-corrected chi connectivity index (χ2v) is 7.50. The van der Waals surface area contributed by atoms with Gasteiger partial charge in [-0.1, -0.05) is 32.1 Å². The highest BCUT2D eigenvalue weighted by atomic mass is 16.4. The molecule has 3 aliphatic rings. The minimum absolute atomic E-state index is 0.118. The zero-order valence-electron chi connectivity index (χ0n) is 12.8. The van der Waals surface area contributed by atoms with Crippen LogP contribution in [0.3, 0.4) is 0 Å². The molecule has 0 radical (unpaired) electrons. The van der Waals surface area contributed by atoms with Gasteiger partial charge in [-0.05, 0) is 43.9 Å². The van der Waals surface area contributed by atoms with E-state index >= 15 is 0 Å². The summed E-state index contributed by atoms with van der Waals surface area (Å²) in [6, 6.07) is 0. The van der Waals surface area contributed by atoms with Crippen LogP contribution in [0.4, 0.5) is 0 Å². The van der Waals surface area contributed by atoms with Crippen LogP contribution in [0, 0.1) is 23.2 Å². The third kappa shape index (κ3) is 2.95. The molecule has 1 amide bonds. The molecule has 0 heterocycles. The molecule has 0 aromatic carbocycles. The molecule has 4 heteroatoms. The first kappa shape index (κ1) is 14.9. The zero-order chi connectivity index (χ0) is 14.9. The Kier molecular flexibility index (Phi) is 4.23. The zero-order valence-corrected chi connectivity index (χ0v) is 12.8. The van der Waals surface area contributed by atoms with Crippen molar-refractivity contribution in [2.45, 2.75) is 64.2 Å². The van der Waals surface area contributed by atoms with E-state index in [0.29, 0.717) is 25.3 Å². The number of hydrogen-bond donors (Lipinski definition) is 2. The number of carbonyl (C=O) groups excluding carboxylic acids is 1. The molecule has 3 saturated carbocycles. The first-order valence-corrected chi connectivity index (χ1v) is 8.62. The van der Waals surface area contributed by atoms with E-state index in [1.807, 2.05) is 0 Å². The number of aliphatic carboxylic acids is 1. The van der Waals surface area contributed by atoms with Crippen LogP contribution in [0.25, 0.3) is 0 Å². The van der Waals surface area contributed by atoms with E-state index in [4.69, 9.17) is 0 Å². The van der Waals surface area contributed by atoms with Crippen molar-refractivity contribution in [2.75, 3.05) is 6.54 Å². The highest BCUT2D eigenvalue weighted by molar-refractivity contribution is 5.81. The number of amides is 1. The molecule has 21 heavy (non-hydrogen) atoms. The van der Waals surface area contributed by atoms with E-state index in [-0.39, 0.29) is 11.8 Å². The molecular formula is C17H27NO3. The Balaban J connectivity index is 1.59. The van der Waals surface area contributed by atoms with Crippen LogP contribution < -0.4 is 5.32 Å². The van der Waals surface area contributed by atoms with Crippen molar-refractivity contribution in [1.29, 1.82) is 0 Å². The molecule has 3 aliphatic carbocycles. The lowest BCUT2D eigenvalue weighted by atomic mass is 9.80. The second kappa shape index (κ2) is 5.98. The Hall–Kier alpha value is -1.06. The van der Waals surface area contributed by atoms with Gasteiger partial charge in [0.05, 0.1) is 5.41 Å². The SMILES string of the molecule is O=C(NCC1(C(=O)O)CCCCCC1)C1CC2CCC1C2. The maximum absolute atomic E-state index is 12.4. The van der Waals surface area contributed by atoms with Gasteiger partial charge in [0.2, 0.25) is 5.91 Å². The van der Waals surface area contributed by atoms with Gasteiger partial charge in [0, 0.05) is 12.5 Å². The molecule has 0 spiro atoms. The summed E-state index contributed by atoms with van der Waals surface area (Å²) in [6.07, 6.45) is 10.3. The average Bonchev–Trinajstić information content (AvgIpc) is 3.01. The number of carboxylic acids is 1. The lowest BCUT2D eigenvalue weighted by Crippen LogP contribution is -2.45. The fraction of sp³-hybridized carbons (Fsp3) is 0.882. The van der Waals surface area contributed by atoms with Gasteiger partial charge in [0.15, 0.2) is 0 Å². The average molecular weight is 293 g/mol. The molecule has 0 aliphatic heterocycles. The lowest BCUT2D eigenvalue weighted by molar-refractivity contribution is -0.150. The highest BCUT2D eigenvalue weighted by Crippen LogP contribution is 2.48. The monoisotopic (exact) mass is 293 g/mol. The summed E-state index contributed by atoms with van der Waals surface area (Å²) in [5, 5.41) is 12.7. The molecule has 0 aromatic heterocycles. The molecule has 3 atom stereocenters. The number of carbonyl (C=O) groups is 2. The van der Waals surface area contributed by atoms with Crippen LogP contribution in [0.5, 0.6) is 0 Å². The Morgan fingerprint density at radius 1 is 1.05 bits per heavy atom. The van der Waals surface area contributed by atoms with Crippen molar-refractivity contribution in [3.63, 3.8) is 0 Å². The van der Waals surface area contributed by atoms with Crippen molar-refractivity contribution >= 4 is 11.9 Å². The van der Waals surface area contributed by atoms with Crippen LogP contribution in [0.1, 0.15) is 64.2 Å². The van der Waals surface area contributed by atoms with Gasteiger partial charge in [-0.3, -0.25) is 9.59 Å². The maximum Gasteiger partial charge on any atom is 0.311 e. The van der Waals surface area contributed by atoms with E-state index in [1.54, 1.807) is 0 Å². The molecule has 2 bridgehead atoms. The fourth-order valence-corrected chi connectivity index (χ4v) is 4.82. The van der Waals surface area contributed by atoms with E-state index < -0.39 is 11.4 Å². The number of rotatable bonds is 4. The van der Waals surface area contributed by atoms with Crippen LogP contribution in [-0.4, -0.2) is 23.5 Å². The largest absolute Gasteiger partial charge is 0.481 e. The van der Waals surface area contributed by atoms with E-state index in [0.717, 1.165) is 38.0 Å². The Labute approximate surface area is 126 Å². The summed E-state index contributed by atoms with van der Waals surface area (Å²) in [5.41, 5.74) is -0.718. The van der Waals surface area contributed by atoms with Gasteiger partial charge in [-0.15, -0.1) is 0 Å². The van der Waals surface area contributed by atoms with E-state index in [1.165, 1.54) is 19.3 Å². The Morgan fingerprint density at radius 3 is 2.29 bits per heavy atom. The van der Waals surface area contributed by atoms with Crippen molar-refractivity contribution in [2.24, 2.45) is 23.2 Å². The van der Waals surface area contributed by atoms with Crippen molar-refractivity contribution in [1.82, 2.24) is 5.32 Å². The van der Waals surface area contributed by atoms with Crippen molar-refractivity contribution in [3.05, 3.63) is 0 Å². The minimum atomic E-state index is -0.724. The third-order valence-electron chi connectivity index (χ3n) is 6.19. The van der Waals surface area contributed by atoms with Gasteiger partial charge < -0.3 is 10.4 Å². The molecule has 2 N–H and O–H groups in total. The number of carboxylic acid groups (broad SMARTS) is 1.